The smallest absolute Gasteiger partial charge is 0.223 e. The van der Waals surface area contributed by atoms with Crippen molar-refractivity contribution in [3.05, 3.63) is 65.7 Å². The zero-order chi connectivity index (χ0) is 16.9. The fraction of sp³-hybridized carbons (Fsp3) is 0.381. The Bertz CT molecular complexity index is 683. The molecule has 0 radical (unpaired) electrons. The van der Waals surface area contributed by atoms with E-state index in [2.05, 4.69) is 42.2 Å². The average Bonchev–Trinajstić information content (AvgIpc) is 3.02. The molecule has 0 N–H and O–H groups in total. The predicted octanol–water partition coefficient (Wildman–Crippen LogP) is 4.03. The van der Waals surface area contributed by atoms with Gasteiger partial charge in [-0.15, -0.1) is 0 Å². The van der Waals surface area contributed by atoms with Crippen molar-refractivity contribution in [2.24, 2.45) is 0 Å². The fourth-order valence-electron chi connectivity index (χ4n) is 3.66. The molecule has 2 aromatic carbocycles. The van der Waals surface area contributed by atoms with Crippen LogP contribution in [0.5, 0.6) is 5.75 Å². The highest BCUT2D eigenvalue weighted by Crippen LogP contribution is 2.33. The maximum absolute atomic E-state index is 12.7. The lowest BCUT2D eigenvalue weighted by atomic mass is 9.93. The molecule has 2 aromatic rings. The number of nitrogens with zero attached hydrogens (tertiary/aromatic N) is 1. The fourth-order valence-corrected chi connectivity index (χ4v) is 3.66. The van der Waals surface area contributed by atoms with Crippen LogP contribution in [0.25, 0.3) is 0 Å². The van der Waals surface area contributed by atoms with Gasteiger partial charge in [0.15, 0.2) is 0 Å². The minimum Gasteiger partial charge on any atom is -0.497 e. The van der Waals surface area contributed by atoms with Crippen molar-refractivity contribution in [3.63, 3.8) is 0 Å². The molecule has 126 valence electrons. The van der Waals surface area contributed by atoms with Crippen LogP contribution in [0.4, 0.5) is 0 Å². The minimum absolute atomic E-state index is 0.253. The Labute approximate surface area is 144 Å². The number of aryl methyl sites for hydroxylation is 1. The third-order valence-electron chi connectivity index (χ3n) is 5.06. The second-order valence-electron chi connectivity index (χ2n) is 6.49. The van der Waals surface area contributed by atoms with Gasteiger partial charge in [-0.1, -0.05) is 42.5 Å². The topological polar surface area (TPSA) is 29.5 Å². The van der Waals surface area contributed by atoms with Gasteiger partial charge >= 0.3 is 0 Å². The Morgan fingerprint density at radius 2 is 1.96 bits per heavy atom. The number of hydrogen-bond donors (Lipinski definition) is 0. The SMILES string of the molecule is COc1cccc(CCC(=O)N2CC[C@@H](c3ccccc3)[C@H]2C)c1. The molecule has 1 aliphatic rings. The van der Waals surface area contributed by atoms with E-state index >= 15 is 0 Å². The van der Waals surface area contributed by atoms with Crippen LogP contribution in [0.3, 0.4) is 0 Å². The second-order valence-corrected chi connectivity index (χ2v) is 6.49. The highest BCUT2D eigenvalue weighted by molar-refractivity contribution is 5.77. The normalized spacial score (nSPS) is 20.2. The first-order valence-corrected chi connectivity index (χ1v) is 8.66. The Morgan fingerprint density at radius 1 is 1.17 bits per heavy atom. The molecule has 24 heavy (non-hydrogen) atoms. The Morgan fingerprint density at radius 3 is 2.71 bits per heavy atom. The molecule has 3 heteroatoms. The molecule has 1 amide bonds. The highest BCUT2D eigenvalue weighted by atomic mass is 16.5. The van der Waals surface area contributed by atoms with Gasteiger partial charge in [-0.2, -0.15) is 0 Å². The van der Waals surface area contributed by atoms with Crippen molar-refractivity contribution < 1.29 is 9.53 Å². The molecule has 1 heterocycles. The number of methoxy groups -OCH3 is 1. The number of benzene rings is 2. The van der Waals surface area contributed by atoms with Gasteiger partial charge in [0.25, 0.3) is 0 Å². The van der Waals surface area contributed by atoms with E-state index in [0.717, 1.165) is 30.7 Å². The third kappa shape index (κ3) is 3.61. The van der Waals surface area contributed by atoms with Crippen LogP contribution in [0.15, 0.2) is 54.6 Å². The van der Waals surface area contributed by atoms with E-state index in [9.17, 15) is 4.79 Å². The van der Waals surface area contributed by atoms with Crippen LogP contribution < -0.4 is 4.74 Å². The maximum atomic E-state index is 12.7. The standard InChI is InChI=1S/C21H25NO2/c1-16-20(18-8-4-3-5-9-18)13-14-22(16)21(23)12-11-17-7-6-10-19(15-17)24-2/h3-10,15-16,20H,11-14H2,1-2H3/t16-,20-/m1/s1. The van der Waals surface area contributed by atoms with E-state index in [4.69, 9.17) is 4.74 Å². The summed E-state index contributed by atoms with van der Waals surface area (Å²) in [4.78, 5) is 14.7. The number of likely N-dealkylation sites (tertiary alicyclic amines) is 1. The molecule has 3 nitrogen and oxygen atoms in total. The van der Waals surface area contributed by atoms with E-state index < -0.39 is 0 Å². The van der Waals surface area contributed by atoms with Crippen LogP contribution in [-0.2, 0) is 11.2 Å². The van der Waals surface area contributed by atoms with Gasteiger partial charge in [0, 0.05) is 24.9 Å². The summed E-state index contributed by atoms with van der Waals surface area (Å²) in [6.07, 6.45) is 2.37. The molecule has 0 bridgehead atoms. The van der Waals surface area contributed by atoms with Crippen LogP contribution >= 0.6 is 0 Å². The summed E-state index contributed by atoms with van der Waals surface area (Å²) in [5, 5.41) is 0. The Balaban J connectivity index is 1.59. The Hall–Kier alpha value is -2.29. The maximum Gasteiger partial charge on any atom is 0.223 e. The van der Waals surface area contributed by atoms with Crippen LogP contribution in [0.1, 0.15) is 36.8 Å². The van der Waals surface area contributed by atoms with Crippen LogP contribution in [-0.4, -0.2) is 30.5 Å². The summed E-state index contributed by atoms with van der Waals surface area (Å²) in [6, 6.07) is 18.8. The van der Waals surface area contributed by atoms with Crippen molar-refractivity contribution in [2.75, 3.05) is 13.7 Å². The zero-order valence-corrected chi connectivity index (χ0v) is 14.4. The average molecular weight is 323 g/mol. The zero-order valence-electron chi connectivity index (χ0n) is 14.4. The molecule has 0 saturated carbocycles. The summed E-state index contributed by atoms with van der Waals surface area (Å²) in [6.45, 7) is 3.03. The largest absolute Gasteiger partial charge is 0.497 e. The number of hydrogen-bond acceptors (Lipinski definition) is 2. The summed E-state index contributed by atoms with van der Waals surface area (Å²) >= 11 is 0. The molecular formula is C21H25NO2. The summed E-state index contributed by atoms with van der Waals surface area (Å²) in [5.74, 6) is 1.55. The quantitative estimate of drug-likeness (QED) is 0.831. The molecule has 1 aliphatic heterocycles. The summed E-state index contributed by atoms with van der Waals surface area (Å²) in [5.41, 5.74) is 2.49. The molecule has 1 fully saturated rings. The number of carbonyl (C=O) groups excluding carboxylic acids is 1. The van der Waals surface area contributed by atoms with Gasteiger partial charge in [-0.3, -0.25) is 4.79 Å². The lowest BCUT2D eigenvalue weighted by Gasteiger charge is -2.25. The highest BCUT2D eigenvalue weighted by Gasteiger charge is 2.34. The molecule has 1 saturated heterocycles. The molecule has 0 spiro atoms. The molecular weight excluding hydrogens is 298 g/mol. The number of ether oxygens (including phenoxy) is 1. The number of carbonyl (C=O) groups is 1. The van der Waals surface area contributed by atoms with Gasteiger partial charge < -0.3 is 9.64 Å². The summed E-state index contributed by atoms with van der Waals surface area (Å²) in [7, 11) is 1.67. The lowest BCUT2D eigenvalue weighted by molar-refractivity contribution is -0.131. The molecule has 0 aliphatic carbocycles. The lowest BCUT2D eigenvalue weighted by Crippen LogP contribution is -2.35. The monoisotopic (exact) mass is 323 g/mol. The van der Waals surface area contributed by atoms with Crippen LogP contribution in [0, 0.1) is 0 Å². The van der Waals surface area contributed by atoms with Gasteiger partial charge in [0.05, 0.1) is 7.11 Å². The first kappa shape index (κ1) is 16.6. The van der Waals surface area contributed by atoms with E-state index in [-0.39, 0.29) is 11.9 Å². The third-order valence-corrected chi connectivity index (χ3v) is 5.06. The van der Waals surface area contributed by atoms with Crippen molar-refractivity contribution in [2.45, 2.75) is 38.1 Å². The summed E-state index contributed by atoms with van der Waals surface area (Å²) < 4.78 is 5.25. The van der Waals surface area contributed by atoms with Crippen molar-refractivity contribution in [1.29, 1.82) is 0 Å². The molecule has 2 atom stereocenters. The minimum atomic E-state index is 0.253. The number of rotatable bonds is 5. The van der Waals surface area contributed by atoms with Gasteiger partial charge in [-0.05, 0) is 43.0 Å². The van der Waals surface area contributed by atoms with Crippen molar-refractivity contribution >= 4 is 5.91 Å². The van der Waals surface area contributed by atoms with E-state index in [1.54, 1.807) is 7.11 Å². The second kappa shape index (κ2) is 7.52. The molecule has 3 rings (SSSR count). The Kier molecular flexibility index (Phi) is 5.19. The van der Waals surface area contributed by atoms with E-state index in [1.165, 1.54) is 5.56 Å². The van der Waals surface area contributed by atoms with Gasteiger partial charge in [-0.25, -0.2) is 0 Å². The van der Waals surface area contributed by atoms with E-state index in [1.807, 2.05) is 24.3 Å². The van der Waals surface area contributed by atoms with Crippen LogP contribution in [0.2, 0.25) is 0 Å². The number of amides is 1. The van der Waals surface area contributed by atoms with Gasteiger partial charge in [0.1, 0.15) is 5.75 Å². The van der Waals surface area contributed by atoms with E-state index in [0.29, 0.717) is 12.3 Å². The first-order valence-electron chi connectivity index (χ1n) is 8.66. The predicted molar refractivity (Wildman–Crippen MR) is 96.3 cm³/mol. The molecule has 0 unspecified atom stereocenters. The first-order chi connectivity index (χ1) is 11.7. The molecule has 0 aromatic heterocycles. The van der Waals surface area contributed by atoms with Crippen molar-refractivity contribution in [3.8, 4) is 5.75 Å². The van der Waals surface area contributed by atoms with Gasteiger partial charge in [0.2, 0.25) is 5.91 Å². The van der Waals surface area contributed by atoms with Crippen molar-refractivity contribution in [1.82, 2.24) is 4.90 Å².